The zero-order valence-corrected chi connectivity index (χ0v) is 18.3. The molecule has 0 bridgehead atoms. The summed E-state index contributed by atoms with van der Waals surface area (Å²) in [4.78, 5) is 0. The lowest BCUT2D eigenvalue weighted by Gasteiger charge is -2.41. The summed E-state index contributed by atoms with van der Waals surface area (Å²) in [5, 5.41) is 1.28. The van der Waals surface area contributed by atoms with E-state index < -0.39 is 8.32 Å². The standard InChI is InChI=1S/C18H30Cl2O3Si/c1-8-15(23-24(6,7)18(2,3)4)17(22-12-21-5)16-13(19)10-9-11-14(16)20/h9-11,15,17H,8,12H2,1-7H3/t15-,17+/m0/s1. The molecule has 0 unspecified atom stereocenters. The van der Waals surface area contributed by atoms with E-state index in [-0.39, 0.29) is 24.0 Å². The highest BCUT2D eigenvalue weighted by Gasteiger charge is 2.41. The lowest BCUT2D eigenvalue weighted by Crippen LogP contribution is -2.45. The molecule has 138 valence electrons. The van der Waals surface area contributed by atoms with Gasteiger partial charge in [-0.25, -0.2) is 0 Å². The van der Waals surface area contributed by atoms with Gasteiger partial charge in [0, 0.05) is 22.7 Å². The molecule has 0 radical (unpaired) electrons. The van der Waals surface area contributed by atoms with Crippen LogP contribution < -0.4 is 0 Å². The number of hydrogen-bond acceptors (Lipinski definition) is 3. The molecule has 0 aromatic heterocycles. The van der Waals surface area contributed by atoms with E-state index in [2.05, 4.69) is 40.8 Å². The van der Waals surface area contributed by atoms with Crippen LogP contribution in [0.2, 0.25) is 28.2 Å². The summed E-state index contributed by atoms with van der Waals surface area (Å²) in [5.41, 5.74) is 0.767. The summed E-state index contributed by atoms with van der Waals surface area (Å²) >= 11 is 12.8. The molecule has 1 aromatic carbocycles. The van der Waals surface area contributed by atoms with Gasteiger partial charge in [0.25, 0.3) is 0 Å². The largest absolute Gasteiger partial charge is 0.411 e. The van der Waals surface area contributed by atoms with Crippen LogP contribution >= 0.6 is 23.2 Å². The van der Waals surface area contributed by atoms with Gasteiger partial charge in [0.2, 0.25) is 0 Å². The second-order valence-corrected chi connectivity index (χ2v) is 13.0. The van der Waals surface area contributed by atoms with Gasteiger partial charge in [0.1, 0.15) is 12.9 Å². The molecule has 1 aromatic rings. The third-order valence-electron chi connectivity index (χ3n) is 4.64. The number of rotatable bonds is 8. The molecule has 0 heterocycles. The van der Waals surface area contributed by atoms with Crippen molar-refractivity contribution in [3.8, 4) is 0 Å². The van der Waals surface area contributed by atoms with Gasteiger partial charge in [-0.05, 0) is 36.7 Å². The Bertz CT molecular complexity index is 509. The van der Waals surface area contributed by atoms with Crippen LogP contribution in [-0.2, 0) is 13.9 Å². The first kappa shape index (κ1) is 21.9. The fourth-order valence-corrected chi connectivity index (χ4v) is 4.23. The Morgan fingerprint density at radius 2 is 1.67 bits per heavy atom. The Morgan fingerprint density at radius 1 is 1.12 bits per heavy atom. The van der Waals surface area contributed by atoms with E-state index in [1.54, 1.807) is 7.11 Å². The summed E-state index contributed by atoms with van der Waals surface area (Å²) in [7, 11) is -0.367. The molecule has 0 aliphatic heterocycles. The summed E-state index contributed by atoms with van der Waals surface area (Å²) in [6.45, 7) is 13.4. The first-order valence-corrected chi connectivity index (χ1v) is 11.9. The molecule has 3 nitrogen and oxygen atoms in total. The molecule has 0 N–H and O–H groups in total. The van der Waals surface area contributed by atoms with Crippen LogP contribution in [-0.4, -0.2) is 28.3 Å². The Morgan fingerprint density at radius 3 is 2.08 bits per heavy atom. The lowest BCUT2D eigenvalue weighted by molar-refractivity contribution is -0.111. The van der Waals surface area contributed by atoms with Crippen molar-refractivity contribution in [1.82, 2.24) is 0 Å². The van der Waals surface area contributed by atoms with Gasteiger partial charge in [-0.3, -0.25) is 0 Å². The first-order valence-electron chi connectivity index (χ1n) is 8.27. The summed E-state index contributed by atoms with van der Waals surface area (Å²) in [6, 6.07) is 5.48. The van der Waals surface area contributed by atoms with Crippen LogP contribution in [0, 0.1) is 0 Å². The highest BCUT2D eigenvalue weighted by molar-refractivity contribution is 6.74. The van der Waals surface area contributed by atoms with E-state index in [9.17, 15) is 0 Å². The molecule has 0 amide bonds. The van der Waals surface area contributed by atoms with E-state index >= 15 is 0 Å². The zero-order chi connectivity index (χ0) is 18.5. The quantitative estimate of drug-likeness (QED) is 0.375. The molecule has 1 rings (SSSR count). The van der Waals surface area contributed by atoms with Gasteiger partial charge in [-0.15, -0.1) is 0 Å². The maximum absolute atomic E-state index is 6.62. The fourth-order valence-electron chi connectivity index (χ4n) is 2.21. The summed E-state index contributed by atoms with van der Waals surface area (Å²) in [5.74, 6) is 0. The number of ether oxygens (including phenoxy) is 2. The normalized spacial score (nSPS) is 15.4. The van der Waals surface area contributed by atoms with E-state index in [1.807, 2.05) is 18.2 Å². The molecule has 0 aliphatic rings. The SMILES string of the molecule is CC[C@H](O[Si](C)(C)C(C)(C)C)[C@@H](OCOC)c1c(Cl)cccc1Cl. The van der Waals surface area contributed by atoms with E-state index in [4.69, 9.17) is 37.1 Å². The Hall–Kier alpha value is -0.103. The predicted octanol–water partition coefficient (Wildman–Crippen LogP) is 6.46. The van der Waals surface area contributed by atoms with Gasteiger partial charge >= 0.3 is 0 Å². The minimum Gasteiger partial charge on any atom is -0.411 e. The maximum Gasteiger partial charge on any atom is 0.192 e. The van der Waals surface area contributed by atoms with Crippen LogP contribution in [0.1, 0.15) is 45.8 Å². The van der Waals surface area contributed by atoms with Crippen LogP contribution in [0.15, 0.2) is 18.2 Å². The van der Waals surface area contributed by atoms with Gasteiger partial charge < -0.3 is 13.9 Å². The molecule has 0 spiro atoms. The van der Waals surface area contributed by atoms with Gasteiger partial charge in [0.15, 0.2) is 8.32 Å². The van der Waals surface area contributed by atoms with Crippen molar-refractivity contribution in [2.75, 3.05) is 13.9 Å². The van der Waals surface area contributed by atoms with E-state index in [1.165, 1.54) is 0 Å². The minimum absolute atomic E-state index is 0.108. The molecule has 24 heavy (non-hydrogen) atoms. The Balaban J connectivity index is 3.22. The average molecular weight is 393 g/mol. The van der Waals surface area contributed by atoms with Gasteiger partial charge in [-0.1, -0.05) is 57.0 Å². The smallest absolute Gasteiger partial charge is 0.192 e. The highest BCUT2D eigenvalue weighted by atomic mass is 35.5. The predicted molar refractivity (Wildman–Crippen MR) is 105 cm³/mol. The third kappa shape index (κ3) is 5.45. The van der Waals surface area contributed by atoms with Crippen molar-refractivity contribution in [3.63, 3.8) is 0 Å². The fraction of sp³-hybridized carbons (Fsp3) is 0.667. The number of halogens is 2. The number of methoxy groups -OCH3 is 1. The Labute approximate surface area is 157 Å². The second-order valence-electron chi connectivity index (χ2n) is 7.45. The maximum atomic E-state index is 6.62. The lowest BCUT2D eigenvalue weighted by atomic mass is 10.0. The van der Waals surface area contributed by atoms with Crippen molar-refractivity contribution < 1.29 is 13.9 Å². The van der Waals surface area contributed by atoms with Gasteiger partial charge in [-0.2, -0.15) is 0 Å². The molecule has 0 saturated heterocycles. The van der Waals surface area contributed by atoms with Crippen molar-refractivity contribution in [1.29, 1.82) is 0 Å². The topological polar surface area (TPSA) is 27.7 Å². The molecule has 0 saturated carbocycles. The molecule has 2 atom stereocenters. The molecular formula is C18H30Cl2O3Si. The first-order chi connectivity index (χ1) is 11.0. The van der Waals surface area contributed by atoms with Crippen LogP contribution in [0.25, 0.3) is 0 Å². The van der Waals surface area contributed by atoms with E-state index in [0.717, 1.165) is 12.0 Å². The molecule has 0 fully saturated rings. The average Bonchev–Trinajstić information content (AvgIpc) is 2.47. The molecule has 6 heteroatoms. The number of hydrogen-bond donors (Lipinski definition) is 0. The third-order valence-corrected chi connectivity index (χ3v) is 9.81. The van der Waals surface area contributed by atoms with Crippen LogP contribution in [0.5, 0.6) is 0 Å². The van der Waals surface area contributed by atoms with Crippen LogP contribution in [0.3, 0.4) is 0 Å². The van der Waals surface area contributed by atoms with Gasteiger partial charge in [0.05, 0.1) is 6.10 Å². The number of benzene rings is 1. The zero-order valence-electron chi connectivity index (χ0n) is 15.8. The second kappa shape index (κ2) is 9.02. The summed E-state index contributed by atoms with van der Waals surface area (Å²) < 4.78 is 17.7. The highest BCUT2D eigenvalue weighted by Crippen LogP contribution is 2.42. The summed E-state index contributed by atoms with van der Waals surface area (Å²) in [6.07, 6.45) is 0.284. The molecular weight excluding hydrogens is 363 g/mol. The van der Waals surface area contributed by atoms with Crippen molar-refractivity contribution >= 4 is 31.5 Å². The van der Waals surface area contributed by atoms with Crippen molar-refractivity contribution in [2.45, 2.75) is 64.5 Å². The Kier molecular flexibility index (Phi) is 8.24. The van der Waals surface area contributed by atoms with Crippen LogP contribution in [0.4, 0.5) is 0 Å². The monoisotopic (exact) mass is 392 g/mol. The van der Waals surface area contributed by atoms with Crippen molar-refractivity contribution in [2.24, 2.45) is 0 Å². The van der Waals surface area contributed by atoms with E-state index in [0.29, 0.717) is 10.0 Å². The minimum atomic E-state index is -1.97. The molecule has 0 aliphatic carbocycles. The van der Waals surface area contributed by atoms with Crippen molar-refractivity contribution in [3.05, 3.63) is 33.8 Å².